The zero-order valence-corrected chi connectivity index (χ0v) is 16.5. The van der Waals surface area contributed by atoms with Crippen molar-refractivity contribution in [3.8, 4) is 17.3 Å². The summed E-state index contributed by atoms with van der Waals surface area (Å²) >= 11 is 1.08. The minimum absolute atomic E-state index is 0.0439. The van der Waals surface area contributed by atoms with E-state index in [2.05, 4.69) is 31.0 Å². The Hall–Kier alpha value is -3.29. The van der Waals surface area contributed by atoms with Gasteiger partial charge in [0.2, 0.25) is 4.34 Å². The van der Waals surface area contributed by atoms with Crippen molar-refractivity contribution in [3.05, 3.63) is 52.8 Å². The molecule has 0 saturated carbocycles. The van der Waals surface area contributed by atoms with Crippen molar-refractivity contribution in [2.24, 2.45) is 0 Å². The first-order chi connectivity index (χ1) is 13.4. The molecule has 0 aliphatic heterocycles. The number of hydrogen-bond donors (Lipinski definition) is 2. The fraction of sp³-hybridized carbons (Fsp3) is 0.111. The van der Waals surface area contributed by atoms with Crippen LogP contribution in [0.25, 0.3) is 22.2 Å². The monoisotopic (exact) mass is 410 g/mol. The number of rotatable bonds is 4. The van der Waals surface area contributed by atoms with Crippen LogP contribution in [0, 0.1) is 25.2 Å². The number of nitriles is 1. The minimum atomic E-state index is -3.91. The summed E-state index contributed by atoms with van der Waals surface area (Å²) in [7, 11) is -3.91. The highest BCUT2D eigenvalue weighted by atomic mass is 32.2. The van der Waals surface area contributed by atoms with Crippen LogP contribution < -0.4 is 4.72 Å². The molecule has 0 aliphatic rings. The number of nitrogens with one attached hydrogen (secondary N) is 2. The van der Waals surface area contributed by atoms with Crippen LogP contribution in [0.4, 0.5) is 5.69 Å². The number of H-pyrrole nitrogens is 1. The highest BCUT2D eigenvalue weighted by Crippen LogP contribution is 2.33. The lowest BCUT2D eigenvalue weighted by Gasteiger charge is -2.08. The molecule has 0 atom stereocenters. The summed E-state index contributed by atoms with van der Waals surface area (Å²) in [6.45, 7) is 3.68. The summed E-state index contributed by atoms with van der Waals surface area (Å²) in [6.07, 6.45) is 4.64. The summed E-state index contributed by atoms with van der Waals surface area (Å²) in [5.41, 5.74) is 3.53. The number of thiazole rings is 1. The van der Waals surface area contributed by atoms with E-state index in [0.29, 0.717) is 33.4 Å². The van der Waals surface area contributed by atoms with Gasteiger partial charge in [0.25, 0.3) is 10.0 Å². The third kappa shape index (κ3) is 3.00. The van der Waals surface area contributed by atoms with Crippen molar-refractivity contribution >= 4 is 38.0 Å². The van der Waals surface area contributed by atoms with Gasteiger partial charge in [0.05, 0.1) is 34.9 Å². The molecule has 0 fully saturated rings. The van der Waals surface area contributed by atoms with Gasteiger partial charge in [-0.2, -0.15) is 23.9 Å². The molecule has 28 heavy (non-hydrogen) atoms. The molecule has 0 aliphatic carbocycles. The summed E-state index contributed by atoms with van der Waals surface area (Å²) in [4.78, 5) is 8.05. The van der Waals surface area contributed by atoms with Gasteiger partial charge in [-0.3, -0.25) is 4.72 Å². The van der Waals surface area contributed by atoms with Gasteiger partial charge in [0.15, 0.2) is 0 Å². The summed E-state index contributed by atoms with van der Waals surface area (Å²) in [5.74, 6) is 0. The maximum absolute atomic E-state index is 12.9. The predicted molar refractivity (Wildman–Crippen MR) is 106 cm³/mol. The molecule has 0 spiro atoms. The van der Waals surface area contributed by atoms with Crippen molar-refractivity contribution in [2.75, 3.05) is 4.72 Å². The van der Waals surface area contributed by atoms with Crippen molar-refractivity contribution in [1.82, 2.24) is 20.2 Å². The van der Waals surface area contributed by atoms with E-state index in [4.69, 9.17) is 0 Å². The maximum atomic E-state index is 12.9. The average Bonchev–Trinajstić information content (AvgIpc) is 3.29. The first kappa shape index (κ1) is 18.1. The lowest BCUT2D eigenvalue weighted by molar-refractivity contribution is 0.600. The van der Waals surface area contributed by atoms with E-state index >= 15 is 0 Å². The van der Waals surface area contributed by atoms with Gasteiger partial charge in [-0.1, -0.05) is 6.07 Å². The van der Waals surface area contributed by atoms with E-state index in [1.807, 2.05) is 6.92 Å². The Morgan fingerprint density at radius 2 is 2.04 bits per heavy atom. The second kappa shape index (κ2) is 6.70. The normalized spacial score (nSPS) is 11.5. The second-order valence-electron chi connectivity index (χ2n) is 6.12. The smallest absolute Gasteiger partial charge is 0.289 e. The second-order valence-corrected chi connectivity index (χ2v) is 9.17. The molecule has 3 aromatic heterocycles. The van der Waals surface area contributed by atoms with Crippen LogP contribution in [0.2, 0.25) is 0 Å². The molecule has 4 aromatic rings. The quantitative estimate of drug-likeness (QED) is 0.531. The molecular formula is C18H14N6O2S2. The Kier molecular flexibility index (Phi) is 4.33. The van der Waals surface area contributed by atoms with Crippen LogP contribution in [-0.4, -0.2) is 28.6 Å². The Bertz CT molecular complexity index is 1330. The van der Waals surface area contributed by atoms with E-state index in [1.54, 1.807) is 31.3 Å². The first-order valence-electron chi connectivity index (χ1n) is 8.19. The molecule has 0 radical (unpaired) electrons. The van der Waals surface area contributed by atoms with Crippen LogP contribution in [0.1, 0.15) is 16.0 Å². The van der Waals surface area contributed by atoms with Crippen molar-refractivity contribution in [3.63, 3.8) is 0 Å². The number of nitrogens with zero attached hydrogens (tertiary/aromatic N) is 4. The van der Waals surface area contributed by atoms with Crippen LogP contribution in [0.5, 0.6) is 0 Å². The van der Waals surface area contributed by atoms with E-state index < -0.39 is 10.0 Å². The first-order valence-corrected chi connectivity index (χ1v) is 10.5. The zero-order valence-electron chi connectivity index (χ0n) is 14.9. The van der Waals surface area contributed by atoms with Gasteiger partial charge in [0, 0.05) is 22.0 Å². The Labute approximate surface area is 165 Å². The number of aromatic amines is 1. The number of hydrogen-bond acceptors (Lipinski definition) is 7. The number of aryl methyl sites for hydroxylation is 2. The molecule has 0 saturated heterocycles. The van der Waals surface area contributed by atoms with E-state index in [9.17, 15) is 13.7 Å². The van der Waals surface area contributed by atoms with Crippen molar-refractivity contribution in [2.45, 2.75) is 18.2 Å². The van der Waals surface area contributed by atoms with E-state index in [-0.39, 0.29) is 4.34 Å². The molecule has 2 N–H and O–H groups in total. The molecule has 140 valence electrons. The maximum Gasteiger partial charge on any atom is 0.289 e. The third-order valence-electron chi connectivity index (χ3n) is 4.27. The fourth-order valence-electron chi connectivity index (χ4n) is 2.97. The SMILES string of the molecule is Cc1sc(S(=O)(=O)Nc2ccc(C)c3c(C#N)c[nH]c23)nc1-c1ccnnc1. The fourth-order valence-corrected chi connectivity index (χ4v) is 5.32. The zero-order chi connectivity index (χ0) is 19.9. The van der Waals surface area contributed by atoms with E-state index in [1.165, 1.54) is 12.4 Å². The van der Waals surface area contributed by atoms with Crippen LogP contribution in [-0.2, 0) is 10.0 Å². The molecule has 10 heteroatoms. The van der Waals surface area contributed by atoms with E-state index in [0.717, 1.165) is 21.8 Å². The van der Waals surface area contributed by atoms with Crippen LogP contribution in [0.15, 0.2) is 41.1 Å². The minimum Gasteiger partial charge on any atom is -0.358 e. The van der Waals surface area contributed by atoms with Crippen LogP contribution >= 0.6 is 11.3 Å². The average molecular weight is 410 g/mol. The van der Waals surface area contributed by atoms with Gasteiger partial charge in [-0.05, 0) is 31.5 Å². The molecule has 8 nitrogen and oxygen atoms in total. The number of anilines is 1. The summed E-state index contributed by atoms with van der Waals surface area (Å²) in [6, 6.07) is 7.28. The topological polar surface area (TPSA) is 124 Å². The highest BCUT2D eigenvalue weighted by molar-refractivity contribution is 7.94. The summed E-state index contributed by atoms with van der Waals surface area (Å²) < 4.78 is 28.4. The van der Waals surface area contributed by atoms with Crippen molar-refractivity contribution in [1.29, 1.82) is 5.26 Å². The largest absolute Gasteiger partial charge is 0.358 e. The number of sulfonamides is 1. The number of benzene rings is 1. The molecule has 0 amide bonds. The standard InChI is InChI=1S/C18H14N6O2S2/c1-10-3-4-14(17-15(10)13(7-19)8-20-17)24-28(25,26)18-23-16(11(2)27-18)12-5-6-21-22-9-12/h3-6,8-9,20,24H,1-2H3. The molecule has 3 heterocycles. The lowest BCUT2D eigenvalue weighted by atomic mass is 10.1. The number of aromatic nitrogens is 4. The highest BCUT2D eigenvalue weighted by Gasteiger charge is 2.23. The van der Waals surface area contributed by atoms with Gasteiger partial charge in [-0.25, -0.2) is 4.98 Å². The molecular weight excluding hydrogens is 396 g/mol. The molecule has 0 bridgehead atoms. The lowest BCUT2D eigenvalue weighted by Crippen LogP contribution is -2.13. The Morgan fingerprint density at radius 1 is 1.21 bits per heavy atom. The predicted octanol–water partition coefficient (Wildman–Crippen LogP) is 3.37. The summed E-state index contributed by atoms with van der Waals surface area (Å²) in [5, 5.41) is 17.5. The third-order valence-corrected chi connectivity index (χ3v) is 6.99. The van der Waals surface area contributed by atoms with Crippen molar-refractivity contribution < 1.29 is 8.42 Å². The molecule has 4 rings (SSSR count). The Balaban J connectivity index is 1.76. The van der Waals surface area contributed by atoms with Gasteiger partial charge >= 0.3 is 0 Å². The molecule has 0 unspecified atom stereocenters. The number of fused-ring (bicyclic) bond motifs is 1. The van der Waals surface area contributed by atoms with Crippen LogP contribution in [0.3, 0.4) is 0 Å². The molecule has 1 aromatic carbocycles. The van der Waals surface area contributed by atoms with Gasteiger partial charge in [0.1, 0.15) is 6.07 Å². The Morgan fingerprint density at radius 3 is 2.75 bits per heavy atom. The van der Waals surface area contributed by atoms with Gasteiger partial charge < -0.3 is 4.98 Å². The van der Waals surface area contributed by atoms with Gasteiger partial charge in [-0.15, -0.1) is 11.3 Å².